The summed E-state index contributed by atoms with van der Waals surface area (Å²) < 4.78 is 5.68. The second kappa shape index (κ2) is 6.33. The fourth-order valence-electron chi connectivity index (χ4n) is 1.54. The van der Waals surface area contributed by atoms with Crippen LogP contribution in [0.3, 0.4) is 0 Å². The maximum Gasteiger partial charge on any atom is 0.120 e. The van der Waals surface area contributed by atoms with Crippen molar-refractivity contribution in [1.82, 2.24) is 15.3 Å². The lowest BCUT2D eigenvalue weighted by molar-refractivity contribution is 0.270. The largest absolute Gasteiger partial charge is 0.491 e. The van der Waals surface area contributed by atoms with Crippen LogP contribution in [0.2, 0.25) is 5.02 Å². The lowest BCUT2D eigenvalue weighted by atomic mass is 10.2. The summed E-state index contributed by atoms with van der Waals surface area (Å²) in [7, 11) is 1.86. The molecule has 0 amide bonds. The molecule has 94 valence electrons. The molecule has 1 N–H and O–H groups in total. The maximum atomic E-state index is 5.89. The highest BCUT2D eigenvalue weighted by Crippen LogP contribution is 2.18. The number of aromatic nitrogens is 2. The van der Waals surface area contributed by atoms with Crippen LogP contribution in [0.4, 0.5) is 0 Å². The summed E-state index contributed by atoms with van der Waals surface area (Å²) in [5.74, 6) is 0.742. The van der Waals surface area contributed by atoms with E-state index in [1.165, 1.54) is 0 Å². The monoisotopic (exact) mass is 263 g/mol. The van der Waals surface area contributed by atoms with Crippen LogP contribution in [0.1, 0.15) is 11.7 Å². The average Bonchev–Trinajstić information content (AvgIpc) is 2.41. The molecule has 1 unspecified atom stereocenters. The van der Waals surface area contributed by atoms with Gasteiger partial charge in [-0.05, 0) is 25.2 Å². The quantitative estimate of drug-likeness (QED) is 0.900. The summed E-state index contributed by atoms with van der Waals surface area (Å²) in [6.07, 6.45) is 5.04. The van der Waals surface area contributed by atoms with Crippen LogP contribution in [-0.2, 0) is 0 Å². The van der Waals surface area contributed by atoms with Gasteiger partial charge >= 0.3 is 0 Å². The number of nitrogens with one attached hydrogen (secondary N) is 1. The summed E-state index contributed by atoms with van der Waals surface area (Å²) >= 11 is 5.89. The van der Waals surface area contributed by atoms with E-state index in [0.29, 0.717) is 11.6 Å². The normalized spacial score (nSPS) is 12.1. The third kappa shape index (κ3) is 3.42. The van der Waals surface area contributed by atoms with Crippen molar-refractivity contribution in [3.63, 3.8) is 0 Å². The van der Waals surface area contributed by atoms with E-state index < -0.39 is 0 Å². The van der Waals surface area contributed by atoms with Gasteiger partial charge in [-0.25, -0.2) is 0 Å². The van der Waals surface area contributed by atoms with Crippen LogP contribution in [0.15, 0.2) is 42.9 Å². The number of hydrogen-bond acceptors (Lipinski definition) is 4. The number of rotatable bonds is 5. The topological polar surface area (TPSA) is 47.0 Å². The van der Waals surface area contributed by atoms with Gasteiger partial charge in [0, 0.05) is 17.4 Å². The second-order valence-electron chi connectivity index (χ2n) is 3.74. The minimum Gasteiger partial charge on any atom is -0.491 e. The van der Waals surface area contributed by atoms with E-state index in [2.05, 4.69) is 15.3 Å². The average molecular weight is 264 g/mol. The molecule has 0 aliphatic rings. The van der Waals surface area contributed by atoms with Gasteiger partial charge in [-0.3, -0.25) is 9.97 Å². The van der Waals surface area contributed by atoms with Crippen molar-refractivity contribution >= 4 is 11.6 Å². The first-order valence-electron chi connectivity index (χ1n) is 5.61. The highest BCUT2D eigenvalue weighted by Gasteiger charge is 2.11. The van der Waals surface area contributed by atoms with Crippen LogP contribution in [-0.4, -0.2) is 23.6 Å². The van der Waals surface area contributed by atoms with Gasteiger partial charge in [0.25, 0.3) is 0 Å². The van der Waals surface area contributed by atoms with E-state index in [1.807, 2.05) is 25.2 Å². The molecule has 18 heavy (non-hydrogen) atoms. The fourth-order valence-corrected chi connectivity index (χ4v) is 1.72. The van der Waals surface area contributed by atoms with Crippen molar-refractivity contribution in [3.05, 3.63) is 53.6 Å². The predicted octanol–water partition coefficient (Wildman–Crippen LogP) is 2.47. The fraction of sp³-hybridized carbons (Fsp3) is 0.231. The third-order valence-electron chi connectivity index (χ3n) is 2.50. The molecule has 1 heterocycles. The Bertz CT molecular complexity index is 493. The maximum absolute atomic E-state index is 5.89. The van der Waals surface area contributed by atoms with E-state index in [1.54, 1.807) is 24.7 Å². The summed E-state index contributed by atoms with van der Waals surface area (Å²) in [6.45, 7) is 0.468. The van der Waals surface area contributed by atoms with Crippen LogP contribution >= 0.6 is 11.6 Å². The molecule has 0 spiro atoms. The Morgan fingerprint density at radius 1 is 1.39 bits per heavy atom. The number of hydrogen-bond donors (Lipinski definition) is 1. The van der Waals surface area contributed by atoms with Crippen molar-refractivity contribution in [2.45, 2.75) is 6.04 Å². The molecular formula is C13H14ClN3O. The molecule has 1 aromatic carbocycles. The van der Waals surface area contributed by atoms with Crippen LogP contribution in [0.5, 0.6) is 5.75 Å². The third-order valence-corrected chi connectivity index (χ3v) is 2.74. The van der Waals surface area contributed by atoms with Gasteiger partial charge in [0.15, 0.2) is 0 Å². The SMILES string of the molecule is CNC(COc1cccc(Cl)c1)c1cnccn1. The van der Waals surface area contributed by atoms with Crippen molar-refractivity contribution in [2.24, 2.45) is 0 Å². The highest BCUT2D eigenvalue weighted by molar-refractivity contribution is 6.30. The first kappa shape index (κ1) is 12.8. The zero-order chi connectivity index (χ0) is 12.8. The molecule has 2 aromatic rings. The Labute approximate surface area is 111 Å². The van der Waals surface area contributed by atoms with Crippen LogP contribution in [0, 0.1) is 0 Å². The lowest BCUT2D eigenvalue weighted by Crippen LogP contribution is -2.24. The van der Waals surface area contributed by atoms with E-state index in [-0.39, 0.29) is 6.04 Å². The number of likely N-dealkylation sites (N-methyl/N-ethyl adjacent to an activating group) is 1. The molecule has 0 saturated carbocycles. The summed E-state index contributed by atoms with van der Waals surface area (Å²) in [6, 6.07) is 7.32. The molecule has 4 nitrogen and oxygen atoms in total. The molecular weight excluding hydrogens is 250 g/mol. The molecule has 0 fully saturated rings. The van der Waals surface area contributed by atoms with E-state index >= 15 is 0 Å². The number of nitrogens with zero attached hydrogens (tertiary/aromatic N) is 2. The standard InChI is InChI=1S/C13H14ClN3O/c1-15-13(12-8-16-5-6-17-12)9-18-11-4-2-3-10(14)7-11/h2-8,13,15H,9H2,1H3. The molecule has 2 rings (SSSR count). The van der Waals surface area contributed by atoms with Gasteiger partial charge in [-0.1, -0.05) is 17.7 Å². The molecule has 0 bridgehead atoms. The molecule has 0 radical (unpaired) electrons. The number of benzene rings is 1. The van der Waals surface area contributed by atoms with Gasteiger partial charge < -0.3 is 10.1 Å². The minimum atomic E-state index is -0.00215. The Morgan fingerprint density at radius 3 is 2.94 bits per heavy atom. The van der Waals surface area contributed by atoms with Gasteiger partial charge in [-0.15, -0.1) is 0 Å². The zero-order valence-corrected chi connectivity index (χ0v) is 10.8. The van der Waals surface area contributed by atoms with Crippen molar-refractivity contribution in [1.29, 1.82) is 0 Å². The van der Waals surface area contributed by atoms with Gasteiger partial charge in [0.05, 0.1) is 17.9 Å². The minimum absolute atomic E-state index is 0.00215. The van der Waals surface area contributed by atoms with E-state index in [0.717, 1.165) is 11.4 Å². The smallest absolute Gasteiger partial charge is 0.120 e. The number of halogens is 1. The number of ether oxygens (including phenoxy) is 1. The molecule has 0 aliphatic carbocycles. The summed E-state index contributed by atoms with van der Waals surface area (Å²) in [4.78, 5) is 8.29. The first-order valence-corrected chi connectivity index (χ1v) is 5.99. The Hall–Kier alpha value is -1.65. The first-order chi connectivity index (χ1) is 8.79. The summed E-state index contributed by atoms with van der Waals surface area (Å²) in [5, 5.41) is 3.80. The highest BCUT2D eigenvalue weighted by atomic mass is 35.5. The lowest BCUT2D eigenvalue weighted by Gasteiger charge is -2.16. The van der Waals surface area contributed by atoms with E-state index in [4.69, 9.17) is 16.3 Å². The summed E-state index contributed by atoms with van der Waals surface area (Å²) in [5.41, 5.74) is 0.849. The molecule has 5 heteroatoms. The zero-order valence-electron chi connectivity index (χ0n) is 10.0. The van der Waals surface area contributed by atoms with Crippen molar-refractivity contribution < 1.29 is 4.74 Å². The van der Waals surface area contributed by atoms with Gasteiger partial charge in [0.1, 0.15) is 12.4 Å². The van der Waals surface area contributed by atoms with Gasteiger partial charge in [0.2, 0.25) is 0 Å². The second-order valence-corrected chi connectivity index (χ2v) is 4.18. The molecule has 0 saturated heterocycles. The van der Waals surface area contributed by atoms with E-state index in [9.17, 15) is 0 Å². The molecule has 1 atom stereocenters. The Kier molecular flexibility index (Phi) is 4.50. The molecule has 1 aromatic heterocycles. The van der Waals surface area contributed by atoms with Crippen molar-refractivity contribution in [2.75, 3.05) is 13.7 Å². The van der Waals surface area contributed by atoms with Gasteiger partial charge in [-0.2, -0.15) is 0 Å². The predicted molar refractivity (Wildman–Crippen MR) is 70.8 cm³/mol. The molecule has 0 aliphatic heterocycles. The Balaban J connectivity index is 2.00. The van der Waals surface area contributed by atoms with Crippen LogP contribution < -0.4 is 10.1 Å². The van der Waals surface area contributed by atoms with Crippen molar-refractivity contribution in [3.8, 4) is 5.75 Å². The Morgan fingerprint density at radius 2 is 2.28 bits per heavy atom. The van der Waals surface area contributed by atoms with Crippen LogP contribution in [0.25, 0.3) is 0 Å².